The molecule has 6 heteroatoms. The number of amides is 1. The molecule has 0 spiro atoms. The van der Waals surface area contributed by atoms with Gasteiger partial charge in [-0.25, -0.2) is 0 Å². The van der Waals surface area contributed by atoms with Gasteiger partial charge in [0.2, 0.25) is 0 Å². The molecule has 1 fully saturated rings. The second kappa shape index (κ2) is 4.45. The molecule has 2 aromatic heterocycles. The number of carbonyl (C=O) groups is 1. The third kappa shape index (κ3) is 1.88. The first-order valence-electron chi connectivity index (χ1n) is 5.89. The monoisotopic (exact) mass is 262 g/mol. The van der Waals surface area contributed by atoms with E-state index in [1.54, 1.807) is 17.4 Å². The van der Waals surface area contributed by atoms with E-state index >= 15 is 0 Å². The summed E-state index contributed by atoms with van der Waals surface area (Å²) in [6.45, 7) is 0.790. The van der Waals surface area contributed by atoms with Gasteiger partial charge in [-0.15, -0.1) is 0 Å². The molecule has 1 aliphatic heterocycles. The minimum Gasteiger partial charge on any atom is -0.382 e. The van der Waals surface area contributed by atoms with Crippen LogP contribution >= 0.6 is 11.3 Å². The van der Waals surface area contributed by atoms with Crippen LogP contribution in [0, 0.1) is 0 Å². The molecular formula is C12H14N4OS. The lowest BCUT2D eigenvalue weighted by Crippen LogP contribution is -2.30. The lowest BCUT2D eigenvalue weighted by atomic mass is 10.1. The zero-order valence-corrected chi connectivity index (χ0v) is 10.6. The van der Waals surface area contributed by atoms with E-state index in [1.807, 2.05) is 10.3 Å². The first-order chi connectivity index (χ1) is 8.75. The van der Waals surface area contributed by atoms with Crippen LogP contribution in [0.3, 0.4) is 0 Å². The van der Waals surface area contributed by atoms with Crippen LogP contribution in [0.1, 0.15) is 34.9 Å². The number of aromatic nitrogens is 2. The number of anilines is 1. The van der Waals surface area contributed by atoms with Crippen molar-refractivity contribution in [3.05, 3.63) is 34.2 Å². The fraction of sp³-hybridized carbons (Fsp3) is 0.333. The first-order valence-corrected chi connectivity index (χ1v) is 6.84. The largest absolute Gasteiger partial charge is 0.382 e. The molecule has 3 N–H and O–H groups in total. The van der Waals surface area contributed by atoms with Gasteiger partial charge in [-0.2, -0.15) is 16.4 Å². The van der Waals surface area contributed by atoms with Crippen molar-refractivity contribution in [3.8, 4) is 0 Å². The van der Waals surface area contributed by atoms with Crippen molar-refractivity contribution in [1.29, 1.82) is 0 Å². The van der Waals surface area contributed by atoms with Crippen molar-refractivity contribution in [3.63, 3.8) is 0 Å². The van der Waals surface area contributed by atoms with Gasteiger partial charge in [0, 0.05) is 12.6 Å². The van der Waals surface area contributed by atoms with Gasteiger partial charge in [-0.05, 0) is 35.2 Å². The molecule has 0 aromatic carbocycles. The molecule has 5 nitrogen and oxygen atoms in total. The van der Waals surface area contributed by atoms with Crippen molar-refractivity contribution in [2.75, 3.05) is 12.3 Å². The van der Waals surface area contributed by atoms with Crippen LogP contribution in [0.25, 0.3) is 0 Å². The Balaban J connectivity index is 1.85. The molecule has 1 amide bonds. The van der Waals surface area contributed by atoms with E-state index in [-0.39, 0.29) is 11.9 Å². The number of rotatable bonds is 2. The molecule has 1 aliphatic rings. The van der Waals surface area contributed by atoms with Crippen LogP contribution in [0.2, 0.25) is 0 Å². The Morgan fingerprint density at radius 2 is 2.50 bits per heavy atom. The van der Waals surface area contributed by atoms with Gasteiger partial charge in [0.1, 0.15) is 11.5 Å². The summed E-state index contributed by atoms with van der Waals surface area (Å²) in [6, 6.07) is 3.86. The molecule has 1 unspecified atom stereocenters. The standard InChI is InChI=1S/C12H14N4OS/c13-11-6-9(14-15-11)12(17)16-4-1-2-10(16)8-3-5-18-7-8/h3,5-7,10H,1-2,4H2,(H3,13,14,15). The molecule has 0 saturated carbocycles. The third-order valence-corrected chi connectivity index (χ3v) is 3.97. The molecule has 18 heavy (non-hydrogen) atoms. The average molecular weight is 262 g/mol. The number of nitrogens with one attached hydrogen (secondary N) is 1. The Hall–Kier alpha value is -1.82. The summed E-state index contributed by atoms with van der Waals surface area (Å²) in [7, 11) is 0. The summed E-state index contributed by atoms with van der Waals surface area (Å²) in [6.07, 6.45) is 2.06. The summed E-state index contributed by atoms with van der Waals surface area (Å²) < 4.78 is 0. The van der Waals surface area contributed by atoms with E-state index in [4.69, 9.17) is 5.73 Å². The number of nitrogen functional groups attached to an aromatic ring is 1. The predicted octanol–water partition coefficient (Wildman–Crippen LogP) is 2.03. The minimum absolute atomic E-state index is 0.0205. The first kappa shape index (κ1) is 11.3. The summed E-state index contributed by atoms with van der Waals surface area (Å²) in [5, 5.41) is 10.6. The number of nitrogens with zero attached hydrogens (tertiary/aromatic N) is 2. The number of carbonyl (C=O) groups excluding carboxylic acids is 1. The maximum Gasteiger partial charge on any atom is 0.272 e. The quantitative estimate of drug-likeness (QED) is 0.869. The predicted molar refractivity (Wildman–Crippen MR) is 70.3 cm³/mol. The van der Waals surface area contributed by atoms with Crippen molar-refractivity contribution in [1.82, 2.24) is 15.1 Å². The Labute approximate surface area is 109 Å². The van der Waals surface area contributed by atoms with Gasteiger partial charge in [0.15, 0.2) is 0 Å². The van der Waals surface area contributed by atoms with Crippen molar-refractivity contribution in [2.45, 2.75) is 18.9 Å². The fourth-order valence-electron chi connectivity index (χ4n) is 2.42. The van der Waals surface area contributed by atoms with E-state index in [9.17, 15) is 4.79 Å². The second-order valence-electron chi connectivity index (χ2n) is 4.42. The SMILES string of the molecule is Nc1cc(C(=O)N2CCCC2c2ccsc2)[nH]n1. The smallest absolute Gasteiger partial charge is 0.272 e. The fourth-order valence-corrected chi connectivity index (χ4v) is 3.13. The molecular weight excluding hydrogens is 248 g/mol. The molecule has 94 valence electrons. The molecule has 3 rings (SSSR count). The highest BCUT2D eigenvalue weighted by molar-refractivity contribution is 7.07. The summed E-state index contributed by atoms with van der Waals surface area (Å²) in [5.41, 5.74) is 7.22. The maximum atomic E-state index is 12.4. The Kier molecular flexibility index (Phi) is 2.79. The second-order valence-corrected chi connectivity index (χ2v) is 5.20. The Morgan fingerprint density at radius 3 is 3.17 bits per heavy atom. The van der Waals surface area contributed by atoms with Crippen LogP contribution in [0.15, 0.2) is 22.9 Å². The van der Waals surface area contributed by atoms with Crippen molar-refractivity contribution >= 4 is 23.1 Å². The third-order valence-electron chi connectivity index (χ3n) is 3.27. The maximum absolute atomic E-state index is 12.4. The highest BCUT2D eigenvalue weighted by Gasteiger charge is 2.31. The Morgan fingerprint density at radius 1 is 1.61 bits per heavy atom. The number of hydrogen-bond acceptors (Lipinski definition) is 4. The van der Waals surface area contributed by atoms with Gasteiger partial charge in [-0.3, -0.25) is 9.89 Å². The highest BCUT2D eigenvalue weighted by Crippen LogP contribution is 2.33. The number of hydrogen-bond donors (Lipinski definition) is 2. The average Bonchev–Trinajstić information content (AvgIpc) is 3.08. The summed E-state index contributed by atoms with van der Waals surface area (Å²) in [4.78, 5) is 14.3. The number of aromatic amines is 1. The van der Waals surface area contributed by atoms with Crippen LogP contribution in [-0.4, -0.2) is 27.5 Å². The number of thiophene rings is 1. The normalized spacial score (nSPS) is 19.3. The van der Waals surface area contributed by atoms with E-state index in [0.29, 0.717) is 11.5 Å². The zero-order chi connectivity index (χ0) is 12.5. The molecule has 1 saturated heterocycles. The van der Waals surface area contributed by atoms with Gasteiger partial charge < -0.3 is 10.6 Å². The molecule has 0 bridgehead atoms. The number of likely N-dealkylation sites (tertiary alicyclic amines) is 1. The van der Waals surface area contributed by atoms with Crippen LogP contribution in [-0.2, 0) is 0 Å². The molecule has 2 aromatic rings. The summed E-state index contributed by atoms with van der Waals surface area (Å²) >= 11 is 1.66. The van der Waals surface area contributed by atoms with E-state index in [1.165, 1.54) is 5.56 Å². The van der Waals surface area contributed by atoms with Crippen LogP contribution < -0.4 is 5.73 Å². The lowest BCUT2D eigenvalue weighted by Gasteiger charge is -2.23. The zero-order valence-electron chi connectivity index (χ0n) is 9.80. The molecule has 3 heterocycles. The van der Waals surface area contributed by atoms with Gasteiger partial charge in [-0.1, -0.05) is 0 Å². The van der Waals surface area contributed by atoms with Crippen LogP contribution in [0.4, 0.5) is 5.82 Å². The van der Waals surface area contributed by atoms with Crippen molar-refractivity contribution < 1.29 is 4.79 Å². The van der Waals surface area contributed by atoms with Crippen LogP contribution in [0.5, 0.6) is 0 Å². The highest BCUT2D eigenvalue weighted by atomic mass is 32.1. The summed E-state index contributed by atoms with van der Waals surface area (Å²) in [5.74, 6) is 0.331. The minimum atomic E-state index is -0.0205. The Bertz CT molecular complexity index is 548. The van der Waals surface area contributed by atoms with E-state index < -0.39 is 0 Å². The van der Waals surface area contributed by atoms with E-state index in [0.717, 1.165) is 19.4 Å². The lowest BCUT2D eigenvalue weighted by molar-refractivity contribution is 0.0730. The number of H-pyrrole nitrogens is 1. The van der Waals surface area contributed by atoms with Gasteiger partial charge in [0.05, 0.1) is 6.04 Å². The van der Waals surface area contributed by atoms with Crippen molar-refractivity contribution in [2.24, 2.45) is 0 Å². The molecule has 1 atom stereocenters. The van der Waals surface area contributed by atoms with E-state index in [2.05, 4.69) is 21.6 Å². The van der Waals surface area contributed by atoms with Gasteiger partial charge >= 0.3 is 0 Å². The van der Waals surface area contributed by atoms with Gasteiger partial charge in [0.25, 0.3) is 5.91 Å². The topological polar surface area (TPSA) is 75.0 Å². The molecule has 0 radical (unpaired) electrons. The number of nitrogens with two attached hydrogens (primary N) is 1. The molecule has 0 aliphatic carbocycles.